The summed E-state index contributed by atoms with van der Waals surface area (Å²) in [5.74, 6) is 1.19. The monoisotopic (exact) mass is 363 g/mol. The van der Waals surface area contributed by atoms with Crippen LogP contribution in [0.2, 0.25) is 0 Å². The van der Waals surface area contributed by atoms with Gasteiger partial charge in [0, 0.05) is 38.2 Å². The van der Waals surface area contributed by atoms with Gasteiger partial charge in [-0.25, -0.2) is 4.68 Å². The van der Waals surface area contributed by atoms with E-state index in [2.05, 4.69) is 33.3 Å². The summed E-state index contributed by atoms with van der Waals surface area (Å²) in [6.07, 6.45) is 7.21. The highest BCUT2D eigenvalue weighted by Crippen LogP contribution is 2.41. The largest absolute Gasteiger partial charge is 0.391 e. The van der Waals surface area contributed by atoms with Crippen molar-refractivity contribution in [2.75, 3.05) is 13.1 Å². The SMILES string of the molecule is O[C@@H]1C[C@H]2CN(Cc3ccnn3-c3ccccc3)C[C@H]2C[C@H]1n1cccn1. The Kier molecular flexibility index (Phi) is 4.30. The van der Waals surface area contributed by atoms with Gasteiger partial charge in [-0.3, -0.25) is 9.58 Å². The van der Waals surface area contributed by atoms with E-state index in [-0.39, 0.29) is 12.1 Å². The molecule has 2 aliphatic rings. The van der Waals surface area contributed by atoms with Crippen LogP contribution in [0, 0.1) is 11.8 Å². The minimum atomic E-state index is -0.305. The number of likely N-dealkylation sites (tertiary alicyclic amines) is 1. The summed E-state index contributed by atoms with van der Waals surface area (Å²) >= 11 is 0. The molecule has 140 valence electrons. The molecular formula is C21H25N5O. The van der Waals surface area contributed by atoms with E-state index in [1.54, 1.807) is 6.20 Å². The van der Waals surface area contributed by atoms with Crippen molar-refractivity contribution in [3.8, 4) is 5.69 Å². The van der Waals surface area contributed by atoms with Gasteiger partial charge in [0.2, 0.25) is 0 Å². The first-order valence-electron chi connectivity index (χ1n) is 9.76. The Morgan fingerprint density at radius 2 is 1.74 bits per heavy atom. The molecule has 1 saturated heterocycles. The fraction of sp³-hybridized carbons (Fsp3) is 0.429. The summed E-state index contributed by atoms with van der Waals surface area (Å²) < 4.78 is 3.97. The number of fused-ring (bicyclic) bond motifs is 1. The summed E-state index contributed by atoms with van der Waals surface area (Å²) in [4.78, 5) is 2.52. The maximum atomic E-state index is 10.6. The molecule has 2 aromatic heterocycles. The number of hydrogen-bond acceptors (Lipinski definition) is 4. The molecule has 0 unspecified atom stereocenters. The average molecular weight is 363 g/mol. The lowest BCUT2D eigenvalue weighted by atomic mass is 9.77. The molecule has 3 aromatic rings. The number of benzene rings is 1. The lowest BCUT2D eigenvalue weighted by Crippen LogP contribution is -2.36. The molecule has 4 atom stereocenters. The predicted molar refractivity (Wildman–Crippen MR) is 102 cm³/mol. The predicted octanol–water partition coefficient (Wildman–Crippen LogP) is 2.51. The van der Waals surface area contributed by atoms with E-state index in [1.807, 2.05) is 46.0 Å². The Balaban J connectivity index is 1.29. The zero-order chi connectivity index (χ0) is 18.2. The Morgan fingerprint density at radius 1 is 0.926 bits per heavy atom. The van der Waals surface area contributed by atoms with Crippen molar-refractivity contribution in [2.45, 2.75) is 31.5 Å². The van der Waals surface area contributed by atoms with Crippen LogP contribution < -0.4 is 0 Å². The Bertz CT molecular complexity index is 875. The highest BCUT2D eigenvalue weighted by atomic mass is 16.3. The third-order valence-corrected chi connectivity index (χ3v) is 6.16. The standard InChI is InChI=1S/C21H25N5O/c27-21-12-17-14-24(13-16(17)11-20(21)25-10-4-8-22-25)15-19-7-9-23-26(19)18-5-2-1-3-6-18/h1-10,16-17,20-21,27H,11-15H2/t16-,17+,20-,21-/m1/s1. The first-order valence-corrected chi connectivity index (χ1v) is 9.76. The van der Waals surface area contributed by atoms with Crippen LogP contribution in [-0.4, -0.2) is 48.8 Å². The molecule has 1 aliphatic heterocycles. The first kappa shape index (κ1) is 16.7. The van der Waals surface area contributed by atoms with Gasteiger partial charge in [-0.1, -0.05) is 18.2 Å². The van der Waals surface area contributed by atoms with Crippen LogP contribution in [-0.2, 0) is 6.54 Å². The first-order chi connectivity index (χ1) is 13.3. The molecule has 1 N–H and O–H groups in total. The minimum Gasteiger partial charge on any atom is -0.391 e. The molecule has 3 heterocycles. The van der Waals surface area contributed by atoms with Crippen molar-refractivity contribution >= 4 is 0 Å². The van der Waals surface area contributed by atoms with Crippen molar-refractivity contribution < 1.29 is 5.11 Å². The van der Waals surface area contributed by atoms with Crippen molar-refractivity contribution in [1.29, 1.82) is 0 Å². The van der Waals surface area contributed by atoms with E-state index in [9.17, 15) is 5.11 Å². The van der Waals surface area contributed by atoms with Gasteiger partial charge in [-0.2, -0.15) is 10.2 Å². The number of aromatic nitrogens is 4. The molecule has 6 nitrogen and oxygen atoms in total. The third-order valence-electron chi connectivity index (χ3n) is 6.16. The van der Waals surface area contributed by atoms with Crippen LogP contribution in [0.4, 0.5) is 0 Å². The zero-order valence-corrected chi connectivity index (χ0v) is 15.3. The number of hydrogen-bond donors (Lipinski definition) is 1. The van der Waals surface area contributed by atoms with Crippen molar-refractivity contribution in [3.63, 3.8) is 0 Å². The van der Waals surface area contributed by atoms with E-state index < -0.39 is 0 Å². The highest BCUT2D eigenvalue weighted by molar-refractivity contribution is 5.32. The summed E-state index contributed by atoms with van der Waals surface area (Å²) in [5, 5.41) is 19.5. The third kappa shape index (κ3) is 3.19. The molecular weight excluding hydrogens is 338 g/mol. The normalized spacial score (nSPS) is 28.3. The smallest absolute Gasteiger partial charge is 0.0781 e. The van der Waals surface area contributed by atoms with Gasteiger partial charge in [-0.05, 0) is 48.9 Å². The van der Waals surface area contributed by atoms with E-state index in [1.165, 1.54) is 5.69 Å². The van der Waals surface area contributed by atoms with E-state index in [0.29, 0.717) is 11.8 Å². The maximum Gasteiger partial charge on any atom is 0.0781 e. The Hall–Kier alpha value is -2.44. The second-order valence-electron chi connectivity index (χ2n) is 7.88. The number of aliphatic hydroxyl groups is 1. The van der Waals surface area contributed by atoms with Gasteiger partial charge in [0.15, 0.2) is 0 Å². The lowest BCUT2D eigenvalue weighted by molar-refractivity contribution is 0.0306. The van der Waals surface area contributed by atoms with Crippen molar-refractivity contribution in [2.24, 2.45) is 11.8 Å². The number of rotatable bonds is 4. The molecule has 0 spiro atoms. The molecule has 2 fully saturated rings. The molecule has 0 radical (unpaired) electrons. The van der Waals surface area contributed by atoms with Crippen LogP contribution in [0.3, 0.4) is 0 Å². The Morgan fingerprint density at radius 3 is 2.52 bits per heavy atom. The van der Waals surface area contributed by atoms with Crippen LogP contribution in [0.25, 0.3) is 5.69 Å². The van der Waals surface area contributed by atoms with Gasteiger partial charge < -0.3 is 5.11 Å². The quantitative estimate of drug-likeness (QED) is 0.774. The lowest BCUT2D eigenvalue weighted by Gasteiger charge is -2.35. The van der Waals surface area contributed by atoms with Crippen LogP contribution >= 0.6 is 0 Å². The molecule has 1 saturated carbocycles. The summed E-state index contributed by atoms with van der Waals surface area (Å²) in [6, 6.07) is 14.4. The van der Waals surface area contributed by atoms with Crippen molar-refractivity contribution in [3.05, 3.63) is 66.7 Å². The number of aliphatic hydroxyl groups excluding tert-OH is 1. The van der Waals surface area contributed by atoms with E-state index >= 15 is 0 Å². The second-order valence-corrected chi connectivity index (χ2v) is 7.88. The molecule has 0 amide bonds. The fourth-order valence-electron chi connectivity index (χ4n) is 4.88. The molecule has 1 aliphatic carbocycles. The van der Waals surface area contributed by atoms with Gasteiger partial charge in [0.1, 0.15) is 0 Å². The molecule has 0 bridgehead atoms. The fourth-order valence-corrected chi connectivity index (χ4v) is 4.88. The molecule has 6 heteroatoms. The van der Waals surface area contributed by atoms with Crippen molar-refractivity contribution in [1.82, 2.24) is 24.5 Å². The summed E-state index contributed by atoms with van der Waals surface area (Å²) in [5.41, 5.74) is 2.31. The summed E-state index contributed by atoms with van der Waals surface area (Å²) in [6.45, 7) is 3.02. The molecule has 1 aromatic carbocycles. The van der Waals surface area contributed by atoms with Crippen LogP contribution in [0.5, 0.6) is 0 Å². The zero-order valence-electron chi connectivity index (χ0n) is 15.3. The maximum absolute atomic E-state index is 10.6. The molecule has 5 rings (SSSR count). The Labute approximate surface area is 159 Å². The van der Waals surface area contributed by atoms with E-state index in [0.717, 1.165) is 38.2 Å². The second kappa shape index (κ2) is 6.94. The average Bonchev–Trinajstić information content (AvgIpc) is 3.42. The van der Waals surface area contributed by atoms with Gasteiger partial charge in [0.25, 0.3) is 0 Å². The number of nitrogens with zero attached hydrogens (tertiary/aromatic N) is 5. The number of para-hydroxylation sites is 1. The molecule has 27 heavy (non-hydrogen) atoms. The summed E-state index contributed by atoms with van der Waals surface area (Å²) in [7, 11) is 0. The van der Waals surface area contributed by atoms with Gasteiger partial charge in [0.05, 0.1) is 23.5 Å². The highest BCUT2D eigenvalue weighted by Gasteiger charge is 2.42. The van der Waals surface area contributed by atoms with Crippen LogP contribution in [0.15, 0.2) is 61.1 Å². The van der Waals surface area contributed by atoms with E-state index in [4.69, 9.17) is 0 Å². The van der Waals surface area contributed by atoms with Gasteiger partial charge in [-0.15, -0.1) is 0 Å². The van der Waals surface area contributed by atoms with Crippen LogP contribution in [0.1, 0.15) is 24.6 Å². The van der Waals surface area contributed by atoms with Gasteiger partial charge >= 0.3 is 0 Å². The minimum absolute atomic E-state index is 0.107. The topological polar surface area (TPSA) is 59.1 Å².